The van der Waals surface area contributed by atoms with Gasteiger partial charge in [-0.3, -0.25) is 14.5 Å². The van der Waals surface area contributed by atoms with Gasteiger partial charge >= 0.3 is 5.97 Å². The Morgan fingerprint density at radius 1 is 1.03 bits per heavy atom. The standard InChI is InChI=1S/C24H19NO6S/c1-30-17-9-4-6-14(13-17)20-19(21(26)18-10-5-11-32-18)22(27)23(28)25(20)16-8-3-7-15(12-16)24(29)31-2/h3-13,20,27H,1-2H3. The molecule has 1 aliphatic heterocycles. The molecule has 1 aliphatic rings. The van der Waals surface area contributed by atoms with Crippen molar-refractivity contribution in [1.29, 1.82) is 0 Å². The lowest BCUT2D eigenvalue weighted by Crippen LogP contribution is -2.31. The van der Waals surface area contributed by atoms with Gasteiger partial charge in [-0.1, -0.05) is 24.3 Å². The van der Waals surface area contributed by atoms with E-state index in [2.05, 4.69) is 0 Å². The van der Waals surface area contributed by atoms with Gasteiger partial charge in [-0.05, 0) is 47.3 Å². The van der Waals surface area contributed by atoms with E-state index in [1.807, 2.05) is 0 Å². The van der Waals surface area contributed by atoms with Crippen LogP contribution in [0, 0.1) is 0 Å². The summed E-state index contributed by atoms with van der Waals surface area (Å²) in [5, 5.41) is 12.5. The maximum atomic E-state index is 13.3. The van der Waals surface area contributed by atoms with Gasteiger partial charge in [0.1, 0.15) is 5.75 Å². The molecule has 0 saturated carbocycles. The van der Waals surface area contributed by atoms with Gasteiger partial charge in [-0.25, -0.2) is 4.79 Å². The zero-order valence-corrected chi connectivity index (χ0v) is 18.1. The summed E-state index contributed by atoms with van der Waals surface area (Å²) < 4.78 is 10.1. The third-order valence-electron chi connectivity index (χ3n) is 5.15. The normalized spacial score (nSPS) is 15.8. The lowest BCUT2D eigenvalue weighted by molar-refractivity contribution is -0.117. The average molecular weight is 449 g/mol. The summed E-state index contributed by atoms with van der Waals surface area (Å²) in [5.41, 5.74) is 1.12. The fourth-order valence-electron chi connectivity index (χ4n) is 3.67. The van der Waals surface area contributed by atoms with E-state index in [0.717, 1.165) is 0 Å². The first-order valence-corrected chi connectivity index (χ1v) is 10.5. The average Bonchev–Trinajstić information content (AvgIpc) is 3.45. The first kappa shape index (κ1) is 21.3. The highest BCUT2D eigenvalue weighted by molar-refractivity contribution is 7.12. The van der Waals surface area contributed by atoms with E-state index in [1.165, 1.54) is 36.5 Å². The van der Waals surface area contributed by atoms with Gasteiger partial charge < -0.3 is 14.6 Å². The van der Waals surface area contributed by atoms with Crippen LogP contribution in [0.15, 0.2) is 77.4 Å². The second-order valence-electron chi connectivity index (χ2n) is 6.96. The van der Waals surface area contributed by atoms with Crippen LogP contribution in [-0.4, -0.2) is 37.0 Å². The Bertz CT molecular complexity index is 1230. The molecule has 1 N–H and O–H groups in total. The monoisotopic (exact) mass is 449 g/mol. The molecule has 7 nitrogen and oxygen atoms in total. The van der Waals surface area contributed by atoms with Gasteiger partial charge in [0.25, 0.3) is 5.91 Å². The molecule has 4 rings (SSSR count). The number of thiophene rings is 1. The van der Waals surface area contributed by atoms with E-state index in [1.54, 1.807) is 60.0 Å². The molecular formula is C24H19NO6S. The molecule has 1 amide bonds. The number of ketones is 1. The van der Waals surface area contributed by atoms with Gasteiger partial charge in [-0.15, -0.1) is 11.3 Å². The molecule has 32 heavy (non-hydrogen) atoms. The number of benzene rings is 2. The van der Waals surface area contributed by atoms with E-state index in [9.17, 15) is 19.5 Å². The molecule has 3 aromatic rings. The van der Waals surface area contributed by atoms with Crippen molar-refractivity contribution in [3.8, 4) is 5.75 Å². The van der Waals surface area contributed by atoms with Gasteiger partial charge in [0.15, 0.2) is 5.76 Å². The van der Waals surface area contributed by atoms with Gasteiger partial charge in [0.2, 0.25) is 5.78 Å². The summed E-state index contributed by atoms with van der Waals surface area (Å²) in [4.78, 5) is 40.2. The Balaban J connectivity index is 1.89. The number of aliphatic hydroxyl groups excluding tert-OH is 1. The molecule has 0 aliphatic carbocycles. The van der Waals surface area contributed by atoms with Crippen molar-refractivity contribution in [3.05, 3.63) is 93.4 Å². The Hall–Kier alpha value is -3.91. The summed E-state index contributed by atoms with van der Waals surface area (Å²) in [6.45, 7) is 0. The summed E-state index contributed by atoms with van der Waals surface area (Å²) in [6, 6.07) is 15.7. The first-order valence-electron chi connectivity index (χ1n) is 9.63. The van der Waals surface area contributed by atoms with E-state index < -0.39 is 29.5 Å². The third-order valence-corrected chi connectivity index (χ3v) is 6.02. The van der Waals surface area contributed by atoms with Crippen LogP contribution < -0.4 is 9.64 Å². The number of Topliss-reactive ketones (excluding diaryl/α,β-unsaturated/α-hetero) is 1. The van der Waals surface area contributed by atoms with Gasteiger partial charge in [0.05, 0.1) is 36.3 Å². The molecule has 2 aromatic carbocycles. The number of rotatable bonds is 6. The molecule has 1 aromatic heterocycles. The molecule has 0 bridgehead atoms. The van der Waals surface area contributed by atoms with Gasteiger partial charge in [-0.2, -0.15) is 0 Å². The number of aliphatic hydroxyl groups is 1. The molecule has 0 radical (unpaired) electrons. The van der Waals surface area contributed by atoms with Crippen molar-refractivity contribution in [2.24, 2.45) is 0 Å². The number of esters is 1. The van der Waals surface area contributed by atoms with Crippen molar-refractivity contribution in [2.45, 2.75) is 6.04 Å². The fraction of sp³-hybridized carbons (Fsp3) is 0.125. The molecule has 8 heteroatoms. The minimum atomic E-state index is -0.917. The predicted molar refractivity (Wildman–Crippen MR) is 119 cm³/mol. The van der Waals surface area contributed by atoms with Crippen molar-refractivity contribution in [3.63, 3.8) is 0 Å². The number of ether oxygens (including phenoxy) is 2. The lowest BCUT2D eigenvalue weighted by atomic mass is 9.95. The number of methoxy groups -OCH3 is 2. The van der Waals surface area contributed by atoms with E-state index in [4.69, 9.17) is 9.47 Å². The minimum absolute atomic E-state index is 0.0332. The highest BCUT2D eigenvalue weighted by Gasteiger charge is 2.45. The molecule has 0 spiro atoms. The molecular weight excluding hydrogens is 430 g/mol. The Labute approximate surface area is 188 Å². The third kappa shape index (κ3) is 3.65. The zero-order chi connectivity index (χ0) is 22.8. The highest BCUT2D eigenvalue weighted by Crippen LogP contribution is 2.43. The number of carbonyl (C=O) groups is 3. The number of hydrogen-bond donors (Lipinski definition) is 1. The summed E-state index contributed by atoms with van der Waals surface area (Å²) in [7, 11) is 2.78. The van der Waals surface area contributed by atoms with Crippen LogP contribution in [0.25, 0.3) is 0 Å². The van der Waals surface area contributed by atoms with Crippen LogP contribution in [0.3, 0.4) is 0 Å². The Morgan fingerprint density at radius 3 is 2.50 bits per heavy atom. The predicted octanol–water partition coefficient (Wildman–Crippen LogP) is 4.33. The lowest BCUT2D eigenvalue weighted by Gasteiger charge is -2.27. The molecule has 1 atom stereocenters. The van der Waals surface area contributed by atoms with Crippen LogP contribution >= 0.6 is 11.3 Å². The summed E-state index contributed by atoms with van der Waals surface area (Å²) in [5.74, 6) is -1.83. The molecule has 0 fully saturated rings. The molecule has 2 heterocycles. The van der Waals surface area contributed by atoms with E-state index >= 15 is 0 Å². The smallest absolute Gasteiger partial charge is 0.337 e. The Kier molecular flexibility index (Phi) is 5.79. The number of carbonyl (C=O) groups excluding carboxylic acids is 3. The maximum Gasteiger partial charge on any atom is 0.337 e. The fourth-order valence-corrected chi connectivity index (χ4v) is 4.35. The minimum Gasteiger partial charge on any atom is -0.503 e. The number of anilines is 1. The number of nitrogens with zero attached hydrogens (tertiary/aromatic N) is 1. The summed E-state index contributed by atoms with van der Waals surface area (Å²) in [6.07, 6.45) is 0. The van der Waals surface area contributed by atoms with Crippen molar-refractivity contribution in [2.75, 3.05) is 19.1 Å². The van der Waals surface area contributed by atoms with Crippen LogP contribution in [0.5, 0.6) is 5.75 Å². The van der Waals surface area contributed by atoms with Crippen molar-refractivity contribution >= 4 is 34.7 Å². The molecule has 0 saturated heterocycles. The second-order valence-corrected chi connectivity index (χ2v) is 7.91. The molecule has 1 unspecified atom stereocenters. The molecule has 162 valence electrons. The summed E-state index contributed by atoms with van der Waals surface area (Å²) >= 11 is 1.22. The van der Waals surface area contributed by atoms with E-state index in [0.29, 0.717) is 21.9 Å². The zero-order valence-electron chi connectivity index (χ0n) is 17.3. The maximum absolute atomic E-state index is 13.3. The first-order chi connectivity index (χ1) is 15.5. The van der Waals surface area contributed by atoms with Crippen molar-refractivity contribution < 1.29 is 29.0 Å². The Morgan fingerprint density at radius 2 is 1.81 bits per heavy atom. The second kappa shape index (κ2) is 8.68. The van der Waals surface area contributed by atoms with Gasteiger partial charge in [0, 0.05) is 5.69 Å². The largest absolute Gasteiger partial charge is 0.503 e. The van der Waals surface area contributed by atoms with E-state index in [-0.39, 0.29) is 11.1 Å². The van der Waals surface area contributed by atoms with Crippen LogP contribution in [0.2, 0.25) is 0 Å². The quantitative estimate of drug-likeness (QED) is 0.445. The van der Waals surface area contributed by atoms with Crippen molar-refractivity contribution in [1.82, 2.24) is 0 Å². The van der Waals surface area contributed by atoms with Crippen LogP contribution in [-0.2, 0) is 9.53 Å². The van der Waals surface area contributed by atoms with Crippen LogP contribution in [0.4, 0.5) is 5.69 Å². The number of amides is 1. The highest BCUT2D eigenvalue weighted by atomic mass is 32.1. The van der Waals surface area contributed by atoms with Crippen LogP contribution in [0.1, 0.15) is 31.6 Å². The number of hydrogen-bond acceptors (Lipinski definition) is 7. The topological polar surface area (TPSA) is 93.1 Å². The SMILES string of the molecule is COC(=O)c1cccc(N2C(=O)C(O)=C(C(=O)c3cccs3)C2c2cccc(OC)c2)c1.